The zero-order valence-electron chi connectivity index (χ0n) is 10.8. The predicted molar refractivity (Wildman–Crippen MR) is 70.3 cm³/mol. The summed E-state index contributed by atoms with van der Waals surface area (Å²) in [5.74, 6) is 0.852. The van der Waals surface area contributed by atoms with E-state index in [1.54, 1.807) is 13.0 Å². The van der Waals surface area contributed by atoms with E-state index in [4.69, 9.17) is 0 Å². The fraction of sp³-hybridized carbons (Fsp3) is 0.462. The molecule has 0 saturated carbocycles. The Hall–Kier alpha value is -1.71. The fourth-order valence-electron chi connectivity index (χ4n) is 2.02. The Balaban J connectivity index is 2.99. The second kappa shape index (κ2) is 5.57. The normalized spacial score (nSPS) is 19.9. The molecule has 0 unspecified atom stereocenters. The van der Waals surface area contributed by atoms with Crippen molar-refractivity contribution >= 4 is 5.78 Å². The van der Waals surface area contributed by atoms with E-state index >= 15 is 0 Å². The first-order valence-electron chi connectivity index (χ1n) is 5.75. The van der Waals surface area contributed by atoms with Crippen molar-refractivity contribution in [3.05, 3.63) is 36.3 Å². The molecular weight excluding hydrogens is 214 g/mol. The van der Waals surface area contributed by atoms with Crippen LogP contribution in [0.2, 0.25) is 0 Å². The number of hydrogen-bond donors (Lipinski definition) is 2. The first-order chi connectivity index (χ1) is 8.06. The van der Waals surface area contributed by atoms with Crippen molar-refractivity contribution in [2.24, 2.45) is 0 Å². The number of ketones is 1. The van der Waals surface area contributed by atoms with E-state index in [9.17, 15) is 4.79 Å². The quantitative estimate of drug-likeness (QED) is 0.532. The number of hydrogen-bond acceptors (Lipinski definition) is 4. The van der Waals surface area contributed by atoms with E-state index < -0.39 is 0 Å². The lowest BCUT2D eigenvalue weighted by molar-refractivity contribution is -0.113. The molecule has 0 amide bonds. The van der Waals surface area contributed by atoms with Gasteiger partial charge in [-0.15, -0.1) is 0 Å². The molecule has 1 rings (SSSR count). The van der Waals surface area contributed by atoms with Crippen LogP contribution in [0.15, 0.2) is 36.3 Å². The topological polar surface area (TPSA) is 44.4 Å². The maximum absolute atomic E-state index is 11.5. The molecule has 1 heterocycles. The lowest BCUT2D eigenvalue weighted by Crippen LogP contribution is -2.52. The van der Waals surface area contributed by atoms with Crippen LogP contribution >= 0.6 is 0 Å². The molecule has 0 aromatic carbocycles. The molecule has 4 heteroatoms. The fourth-order valence-corrected chi connectivity index (χ4v) is 2.02. The standard InChI is InChI=1S/C13H21N3O/c1-6-11(10(3)17)13(15-5)16-8-7-12(16)9(2)14-4/h6,12,14-15H,1-2,7-8H2,3-5H3/b13-11-/t12-/m1/s1. The highest BCUT2D eigenvalue weighted by molar-refractivity contribution is 5.96. The van der Waals surface area contributed by atoms with Gasteiger partial charge in [0.1, 0.15) is 5.82 Å². The van der Waals surface area contributed by atoms with Gasteiger partial charge < -0.3 is 15.5 Å². The predicted octanol–water partition coefficient (Wildman–Crippen LogP) is 1.000. The third-order valence-corrected chi connectivity index (χ3v) is 3.11. The number of likely N-dealkylation sites (tertiary alicyclic amines) is 1. The number of nitrogens with one attached hydrogen (secondary N) is 2. The van der Waals surface area contributed by atoms with Crippen LogP contribution in [0.5, 0.6) is 0 Å². The Bertz CT molecular complexity index is 371. The molecule has 2 N–H and O–H groups in total. The van der Waals surface area contributed by atoms with Gasteiger partial charge in [0.15, 0.2) is 5.78 Å². The van der Waals surface area contributed by atoms with Gasteiger partial charge in [0.05, 0.1) is 11.6 Å². The molecule has 0 bridgehead atoms. The van der Waals surface area contributed by atoms with Gasteiger partial charge in [0.25, 0.3) is 0 Å². The molecule has 94 valence electrons. The monoisotopic (exact) mass is 235 g/mol. The van der Waals surface area contributed by atoms with Gasteiger partial charge in [-0.05, 0) is 13.3 Å². The van der Waals surface area contributed by atoms with E-state index in [1.165, 1.54) is 0 Å². The smallest absolute Gasteiger partial charge is 0.163 e. The molecule has 0 aromatic heterocycles. The van der Waals surface area contributed by atoms with Crippen molar-refractivity contribution in [2.45, 2.75) is 19.4 Å². The van der Waals surface area contributed by atoms with Gasteiger partial charge >= 0.3 is 0 Å². The van der Waals surface area contributed by atoms with Gasteiger partial charge in [0, 0.05) is 26.3 Å². The molecule has 17 heavy (non-hydrogen) atoms. The number of allylic oxidation sites excluding steroid dienone is 2. The summed E-state index contributed by atoms with van der Waals surface area (Å²) in [6.07, 6.45) is 2.65. The van der Waals surface area contributed by atoms with Crippen LogP contribution < -0.4 is 10.6 Å². The first-order valence-corrected chi connectivity index (χ1v) is 5.75. The average molecular weight is 235 g/mol. The molecule has 0 aromatic rings. The summed E-state index contributed by atoms with van der Waals surface area (Å²) in [6, 6.07) is 0.247. The van der Waals surface area contributed by atoms with Gasteiger partial charge in [-0.3, -0.25) is 4.79 Å². The minimum atomic E-state index is 0.0186. The largest absolute Gasteiger partial charge is 0.390 e. The summed E-state index contributed by atoms with van der Waals surface area (Å²) in [5, 5.41) is 6.15. The van der Waals surface area contributed by atoms with Crippen molar-refractivity contribution in [3.8, 4) is 0 Å². The molecule has 0 spiro atoms. The van der Waals surface area contributed by atoms with Crippen LogP contribution in [0.3, 0.4) is 0 Å². The minimum Gasteiger partial charge on any atom is -0.390 e. The molecule has 1 atom stereocenters. The second-order valence-corrected chi connectivity index (χ2v) is 4.05. The van der Waals surface area contributed by atoms with Gasteiger partial charge in [-0.25, -0.2) is 0 Å². The van der Waals surface area contributed by atoms with E-state index in [0.29, 0.717) is 5.57 Å². The lowest BCUT2D eigenvalue weighted by Gasteiger charge is -2.45. The molecule has 1 aliphatic heterocycles. The molecule has 1 saturated heterocycles. The Morgan fingerprint density at radius 2 is 2.06 bits per heavy atom. The van der Waals surface area contributed by atoms with Crippen molar-refractivity contribution < 1.29 is 4.79 Å². The summed E-state index contributed by atoms with van der Waals surface area (Å²) in [5.41, 5.74) is 1.59. The molecular formula is C13H21N3O. The third-order valence-electron chi connectivity index (χ3n) is 3.11. The minimum absolute atomic E-state index is 0.0186. The lowest BCUT2D eigenvalue weighted by atomic mass is 9.98. The van der Waals surface area contributed by atoms with Crippen molar-refractivity contribution in [1.29, 1.82) is 0 Å². The molecule has 1 aliphatic rings. The summed E-state index contributed by atoms with van der Waals surface area (Å²) in [6.45, 7) is 10.2. The van der Waals surface area contributed by atoms with Crippen LogP contribution in [0.4, 0.5) is 0 Å². The number of rotatable bonds is 6. The summed E-state index contributed by atoms with van der Waals surface area (Å²) in [7, 11) is 3.68. The van der Waals surface area contributed by atoms with Crippen molar-refractivity contribution in [2.75, 3.05) is 20.6 Å². The zero-order chi connectivity index (χ0) is 13.0. The number of carbonyl (C=O) groups is 1. The van der Waals surface area contributed by atoms with E-state index in [-0.39, 0.29) is 11.8 Å². The average Bonchev–Trinajstić information content (AvgIpc) is 2.26. The summed E-state index contributed by atoms with van der Waals surface area (Å²) >= 11 is 0. The van der Waals surface area contributed by atoms with Crippen LogP contribution in [-0.2, 0) is 4.79 Å². The molecule has 4 nitrogen and oxygen atoms in total. The highest BCUT2D eigenvalue weighted by Gasteiger charge is 2.32. The number of Topliss-reactive ketones (excluding diaryl/α,β-unsaturated/α-hetero) is 1. The highest BCUT2D eigenvalue weighted by Crippen LogP contribution is 2.27. The second-order valence-electron chi connectivity index (χ2n) is 4.05. The zero-order valence-corrected chi connectivity index (χ0v) is 10.8. The summed E-state index contributed by atoms with van der Waals surface area (Å²) in [4.78, 5) is 13.7. The van der Waals surface area contributed by atoms with E-state index in [1.807, 2.05) is 14.1 Å². The Morgan fingerprint density at radius 1 is 1.41 bits per heavy atom. The molecule has 0 aliphatic carbocycles. The van der Waals surface area contributed by atoms with E-state index in [0.717, 1.165) is 24.5 Å². The van der Waals surface area contributed by atoms with Gasteiger partial charge in [-0.2, -0.15) is 0 Å². The Morgan fingerprint density at radius 3 is 2.35 bits per heavy atom. The van der Waals surface area contributed by atoms with Gasteiger partial charge in [0.2, 0.25) is 0 Å². The number of nitrogens with zero attached hydrogens (tertiary/aromatic N) is 1. The van der Waals surface area contributed by atoms with Crippen LogP contribution in [0.1, 0.15) is 13.3 Å². The molecule has 0 radical (unpaired) electrons. The number of carbonyl (C=O) groups excluding carboxylic acids is 1. The highest BCUT2D eigenvalue weighted by atomic mass is 16.1. The summed E-state index contributed by atoms with van der Waals surface area (Å²) < 4.78 is 0. The SMILES string of the molecule is C=C/C(C(C)=O)=C(\NC)N1CC[C@@H]1C(=C)NC. The first kappa shape index (κ1) is 13.4. The van der Waals surface area contributed by atoms with E-state index in [2.05, 4.69) is 28.7 Å². The van der Waals surface area contributed by atoms with Crippen LogP contribution in [0, 0.1) is 0 Å². The van der Waals surface area contributed by atoms with Crippen molar-refractivity contribution in [1.82, 2.24) is 15.5 Å². The maximum atomic E-state index is 11.5. The van der Waals surface area contributed by atoms with Crippen LogP contribution in [-0.4, -0.2) is 37.4 Å². The van der Waals surface area contributed by atoms with Crippen molar-refractivity contribution in [3.63, 3.8) is 0 Å². The third kappa shape index (κ3) is 2.52. The Labute approximate surface area is 103 Å². The number of likely N-dealkylation sites (N-methyl/N-ethyl adjacent to an activating group) is 1. The van der Waals surface area contributed by atoms with Gasteiger partial charge in [-0.1, -0.05) is 19.2 Å². The Kier molecular flexibility index (Phi) is 4.37. The molecule has 1 fully saturated rings. The van der Waals surface area contributed by atoms with Crippen LogP contribution in [0.25, 0.3) is 0 Å². The maximum Gasteiger partial charge on any atom is 0.163 e.